The van der Waals surface area contributed by atoms with Crippen LogP contribution in [-0.4, -0.2) is 18.2 Å². The van der Waals surface area contributed by atoms with Crippen LogP contribution in [-0.2, 0) is 6.54 Å². The topological polar surface area (TPSA) is 38.0 Å². The van der Waals surface area contributed by atoms with Crippen molar-refractivity contribution in [2.45, 2.75) is 6.54 Å². The molecule has 0 fully saturated rings. The Hall–Kier alpha value is -6.75. The lowest BCUT2D eigenvalue weighted by molar-refractivity contribution is -0.684. The minimum absolute atomic E-state index is 0.00935. The van der Waals surface area contributed by atoms with Crippen molar-refractivity contribution < 1.29 is 102 Å². The predicted molar refractivity (Wildman–Crippen MR) is 172 cm³/mol. The van der Waals surface area contributed by atoms with Crippen molar-refractivity contribution in [3.8, 4) is 0 Å². The molecule has 5 aromatic carbocycles. The minimum Gasteiger partial charge on any atom is -0.291 e. The molecule has 1 aromatic heterocycles. The third-order valence-electron chi connectivity index (χ3n) is 9.21. The maximum Gasteiger partial charge on any atom is 0.245 e. The third kappa shape index (κ3) is 7.19. The molecule has 0 unspecified atom stereocenters. The Balaban J connectivity index is 0.000000355. The van der Waals surface area contributed by atoms with E-state index in [0.717, 1.165) is 6.29 Å². The van der Waals surface area contributed by atoms with Gasteiger partial charge < -0.3 is 0 Å². The number of benzene rings is 5. The molecule has 24 heteroatoms. The molecule has 6 rings (SSSR count). The number of carbonyl (C=O) groups is 2. The van der Waals surface area contributed by atoms with Crippen molar-refractivity contribution in [3.05, 3.63) is 182 Å². The standard InChI is InChI=1S/C24BF20.C14H12NO2/c26-5-1(6(27)14(35)21(42)13(5)34)25(2-7(28)15(36)22(43)16(37)8(2)29,3-9(30)17(38)23(44)18(39)10(3)31)4-11(32)19(40)24(45)20(41)12(4)33;16-11-13-8-4-5-9-15(13)10-14(17)12-6-2-1-3-7-12/h;1-9,11H,10H2/q-1;+1. The zero-order valence-corrected chi connectivity index (χ0v) is 29.4. The normalized spacial score (nSPS) is 11.4. The molecular formula is C38H12BF20NO2. The van der Waals surface area contributed by atoms with Gasteiger partial charge in [-0.05, 0) is 6.07 Å². The molecule has 0 radical (unpaired) electrons. The maximum absolute atomic E-state index is 15.4. The molecule has 3 nitrogen and oxygen atoms in total. The largest absolute Gasteiger partial charge is 0.291 e. The fraction of sp³-hybridized carbons (Fsp3) is 0.0263. The van der Waals surface area contributed by atoms with E-state index in [9.17, 15) is 62.3 Å². The number of pyridine rings is 1. The second-order valence-electron chi connectivity index (χ2n) is 12.5. The number of carbonyl (C=O) groups excluding carboxylic acids is 2. The van der Waals surface area contributed by atoms with Crippen LogP contribution >= 0.6 is 0 Å². The number of halogens is 20. The van der Waals surface area contributed by atoms with E-state index in [4.69, 9.17) is 0 Å². The molecule has 0 spiro atoms. The van der Waals surface area contributed by atoms with Crippen molar-refractivity contribution in [1.29, 1.82) is 0 Å². The van der Waals surface area contributed by atoms with Crippen molar-refractivity contribution in [2.24, 2.45) is 0 Å². The number of nitrogens with zero attached hydrogens (tertiary/aromatic N) is 1. The average Bonchev–Trinajstić information content (AvgIpc) is 3.26. The number of ketones is 1. The zero-order valence-electron chi connectivity index (χ0n) is 29.4. The molecule has 0 saturated carbocycles. The first-order valence-corrected chi connectivity index (χ1v) is 16.3. The van der Waals surface area contributed by atoms with Gasteiger partial charge in [0.1, 0.15) is 52.7 Å². The molecular weight excluding hydrogens is 893 g/mol. The van der Waals surface area contributed by atoms with Crippen LogP contribution in [0, 0.1) is 116 Å². The summed E-state index contributed by atoms with van der Waals surface area (Å²) in [5.74, 6) is -71.4. The minimum atomic E-state index is -7.22. The number of Topliss-reactive ketones (excluding diaryl/α,β-unsaturated/α-hetero) is 1. The molecule has 62 heavy (non-hydrogen) atoms. The lowest BCUT2D eigenvalue weighted by atomic mass is 9.12. The molecule has 0 bridgehead atoms. The Morgan fingerprint density at radius 2 is 0.645 bits per heavy atom. The smallest absolute Gasteiger partial charge is 0.245 e. The first-order valence-electron chi connectivity index (χ1n) is 16.3. The summed E-state index contributed by atoms with van der Waals surface area (Å²) in [6, 6.07) is 14.3. The highest BCUT2D eigenvalue weighted by Crippen LogP contribution is 2.30. The van der Waals surface area contributed by atoms with Gasteiger partial charge in [0.15, 0.2) is 76.0 Å². The summed E-state index contributed by atoms with van der Waals surface area (Å²) >= 11 is 0. The van der Waals surface area contributed by atoms with Crippen LogP contribution in [0.2, 0.25) is 0 Å². The molecule has 1 heterocycles. The first-order chi connectivity index (χ1) is 29.0. The van der Waals surface area contributed by atoms with Crippen LogP contribution in [0.1, 0.15) is 20.8 Å². The van der Waals surface area contributed by atoms with Crippen LogP contribution in [0.25, 0.3) is 0 Å². The number of rotatable bonds is 8. The van der Waals surface area contributed by atoms with E-state index < -0.39 is 144 Å². The van der Waals surface area contributed by atoms with Gasteiger partial charge in [0.25, 0.3) is 0 Å². The van der Waals surface area contributed by atoms with E-state index in [1.54, 1.807) is 41.1 Å². The van der Waals surface area contributed by atoms with Crippen LogP contribution in [0.3, 0.4) is 0 Å². The Morgan fingerprint density at radius 3 is 0.919 bits per heavy atom. The van der Waals surface area contributed by atoms with E-state index in [2.05, 4.69) is 0 Å². The molecule has 0 aliphatic heterocycles. The van der Waals surface area contributed by atoms with Crippen molar-refractivity contribution in [1.82, 2.24) is 0 Å². The third-order valence-corrected chi connectivity index (χ3v) is 9.21. The molecule has 0 aliphatic rings. The van der Waals surface area contributed by atoms with E-state index in [1.165, 1.54) is 0 Å². The summed E-state index contributed by atoms with van der Waals surface area (Å²) in [6.07, 6.45) is -4.74. The zero-order chi connectivity index (χ0) is 46.4. The van der Waals surface area contributed by atoms with Gasteiger partial charge >= 0.3 is 0 Å². The van der Waals surface area contributed by atoms with Gasteiger partial charge in [-0.3, -0.25) is 9.59 Å². The predicted octanol–water partition coefficient (Wildman–Crippen LogP) is 7.52. The summed E-state index contributed by atoms with van der Waals surface area (Å²) in [7, 11) is 0. The molecule has 0 atom stereocenters. The van der Waals surface area contributed by atoms with Crippen LogP contribution < -0.4 is 26.4 Å². The second kappa shape index (κ2) is 17.3. The number of aldehydes is 1. The quantitative estimate of drug-likeness (QED) is 0.0302. The van der Waals surface area contributed by atoms with Crippen LogP contribution in [0.5, 0.6) is 0 Å². The van der Waals surface area contributed by atoms with Gasteiger partial charge in [-0.2, -0.15) is 4.57 Å². The fourth-order valence-electron chi connectivity index (χ4n) is 6.48. The molecule has 0 amide bonds. The molecule has 324 valence electrons. The Bertz CT molecular complexity index is 2440. The van der Waals surface area contributed by atoms with Crippen LogP contribution in [0.15, 0.2) is 54.7 Å². The first kappa shape index (κ1) is 46.3. The number of hydrogen-bond donors (Lipinski definition) is 0. The van der Waals surface area contributed by atoms with Gasteiger partial charge in [-0.25, -0.2) is 87.8 Å². The van der Waals surface area contributed by atoms with Gasteiger partial charge in [-0.15, -0.1) is 21.9 Å². The average molecular weight is 905 g/mol. The molecule has 6 aromatic rings. The summed E-state index contributed by atoms with van der Waals surface area (Å²) in [5, 5.41) is 0. The molecule has 0 aliphatic carbocycles. The molecule has 0 N–H and O–H groups in total. The van der Waals surface area contributed by atoms with Gasteiger partial charge in [-0.1, -0.05) is 30.3 Å². The van der Waals surface area contributed by atoms with Crippen molar-refractivity contribution >= 4 is 40.1 Å². The monoisotopic (exact) mass is 905 g/mol. The summed E-state index contributed by atoms with van der Waals surface area (Å²) in [6.45, 7) is 0.179. The summed E-state index contributed by atoms with van der Waals surface area (Å²) in [5.41, 5.74) is -13.2. The highest BCUT2D eigenvalue weighted by atomic mass is 19.2. The van der Waals surface area contributed by atoms with E-state index in [1.807, 2.05) is 18.2 Å². The van der Waals surface area contributed by atoms with E-state index >= 15 is 35.1 Å². The van der Waals surface area contributed by atoms with Crippen molar-refractivity contribution in [3.63, 3.8) is 0 Å². The Morgan fingerprint density at radius 1 is 0.387 bits per heavy atom. The van der Waals surface area contributed by atoms with Gasteiger partial charge in [0.05, 0.1) is 0 Å². The summed E-state index contributed by atoms with van der Waals surface area (Å²) in [4.78, 5) is 22.8. The van der Waals surface area contributed by atoms with Gasteiger partial charge in [0, 0.05) is 17.7 Å². The summed E-state index contributed by atoms with van der Waals surface area (Å²) < 4.78 is 296. The van der Waals surface area contributed by atoms with E-state index in [-0.39, 0.29) is 12.3 Å². The highest BCUT2D eigenvalue weighted by molar-refractivity contribution is 7.20. The SMILES string of the molecule is Fc1c(F)c(F)c([B-](c2c(F)c(F)c(F)c(F)c2F)(c2c(F)c(F)c(F)c(F)c2F)c2c(F)c(F)c(F)c(F)c2F)c(F)c1F.O=Cc1cccc[n+]1CC(=O)c1ccccc1. The van der Waals surface area contributed by atoms with Crippen molar-refractivity contribution in [2.75, 3.05) is 0 Å². The Kier molecular flexibility index (Phi) is 12.9. The number of aromatic nitrogens is 1. The maximum atomic E-state index is 15.4. The van der Waals surface area contributed by atoms with E-state index in [0.29, 0.717) is 11.3 Å². The molecule has 0 saturated heterocycles. The Labute approximate surface area is 331 Å². The highest BCUT2D eigenvalue weighted by Gasteiger charge is 2.52. The van der Waals surface area contributed by atoms with Crippen LogP contribution in [0.4, 0.5) is 87.8 Å². The lowest BCUT2D eigenvalue weighted by Crippen LogP contribution is -2.81. The number of hydrogen-bond acceptors (Lipinski definition) is 2. The second-order valence-corrected chi connectivity index (χ2v) is 12.5. The fourth-order valence-corrected chi connectivity index (χ4v) is 6.48. The van der Waals surface area contributed by atoms with Gasteiger partial charge in [0.2, 0.25) is 24.3 Å². The lowest BCUT2D eigenvalue weighted by Gasteiger charge is -2.44.